The number of hydrogen-bond donors (Lipinski definition) is 1. The second-order valence-corrected chi connectivity index (χ2v) is 4.19. The Morgan fingerprint density at radius 2 is 1.94 bits per heavy atom. The van der Waals surface area contributed by atoms with Gasteiger partial charge < -0.3 is 5.32 Å². The lowest BCUT2D eigenvalue weighted by Gasteiger charge is -2.10. The molecule has 0 atom stereocenters. The van der Waals surface area contributed by atoms with E-state index in [0.29, 0.717) is 10.8 Å². The monoisotopic (exact) mass is 258 g/mol. The van der Waals surface area contributed by atoms with Crippen molar-refractivity contribution in [1.82, 2.24) is 4.98 Å². The number of nitrogens with one attached hydrogen (secondary N) is 1. The topological polar surface area (TPSA) is 24.9 Å². The number of alkyl halides is 3. The number of benzene rings is 1. The summed E-state index contributed by atoms with van der Waals surface area (Å²) in [4.78, 5) is 4.08. The molecule has 0 aliphatic rings. The first-order valence-corrected chi connectivity index (χ1v) is 5.70. The zero-order chi connectivity index (χ0) is 12.5. The highest BCUT2D eigenvalue weighted by molar-refractivity contribution is 7.14. The van der Waals surface area contributed by atoms with Crippen LogP contribution in [-0.2, 0) is 6.18 Å². The summed E-state index contributed by atoms with van der Waals surface area (Å²) in [5.41, 5.74) is -0.210. The van der Waals surface area contributed by atoms with E-state index in [-0.39, 0.29) is 5.56 Å². The molecule has 0 unspecified atom stereocenters. The highest BCUT2D eigenvalue weighted by Gasteiger charge is 2.33. The van der Waals surface area contributed by atoms with Gasteiger partial charge in [0, 0.05) is 18.0 Å². The lowest BCUT2D eigenvalue weighted by molar-refractivity contribution is -0.137. The van der Waals surface area contributed by atoms with Crippen LogP contribution in [0.1, 0.15) is 5.56 Å². The summed E-state index contributed by atoms with van der Waals surface area (Å²) >= 11 is 1.27. The maximum Gasteiger partial charge on any atom is 0.417 e. The molecule has 0 bridgehead atoms. The predicted molar refractivity (Wildman–Crippen MR) is 62.1 cm³/mol. The first-order chi connectivity index (χ1) is 8.02. The van der Waals surface area contributed by atoms with Crippen LogP contribution in [0.2, 0.25) is 0 Å². The van der Waals surface area contributed by atoms with E-state index in [0.717, 1.165) is 6.07 Å². The molecule has 0 saturated heterocycles. The Kier molecular flexibility index (Phi) is 3.06. The van der Waals surface area contributed by atoms with Gasteiger partial charge in [0.15, 0.2) is 5.13 Å². The van der Waals surface area contributed by atoms with E-state index in [1.807, 2.05) is 0 Å². The van der Waals surface area contributed by atoms with Crippen molar-refractivity contribution in [2.24, 2.45) is 0 Å². The summed E-state index contributed by atoms with van der Waals surface area (Å²) in [6, 6.07) is 5.44. The van der Waals surface area contributed by atoms with Gasteiger partial charge in [0.2, 0.25) is 0 Å². The molecule has 0 spiro atoms. The van der Waals surface area contributed by atoms with Gasteiger partial charge in [-0.25, -0.2) is 4.98 Å². The standard InChI is InChI=1S/C11H9F3N2S/c1-15-10-16-9(6-17-10)7-4-2-3-5-8(7)11(12,13)14/h2-6H,1H3,(H,15,16). The number of halogens is 3. The van der Waals surface area contributed by atoms with Crippen molar-refractivity contribution in [1.29, 1.82) is 0 Å². The number of nitrogens with zero attached hydrogens (tertiary/aromatic N) is 1. The van der Waals surface area contributed by atoms with Gasteiger partial charge in [-0.2, -0.15) is 13.2 Å². The maximum atomic E-state index is 12.8. The van der Waals surface area contributed by atoms with Gasteiger partial charge in [-0.15, -0.1) is 11.3 Å². The lowest BCUT2D eigenvalue weighted by Crippen LogP contribution is -2.06. The van der Waals surface area contributed by atoms with Crippen molar-refractivity contribution in [3.63, 3.8) is 0 Å². The quantitative estimate of drug-likeness (QED) is 0.884. The van der Waals surface area contributed by atoms with E-state index in [1.54, 1.807) is 18.5 Å². The molecule has 2 rings (SSSR count). The van der Waals surface area contributed by atoms with E-state index in [4.69, 9.17) is 0 Å². The van der Waals surface area contributed by atoms with Crippen molar-refractivity contribution in [2.75, 3.05) is 12.4 Å². The molecule has 0 aliphatic carbocycles. The molecule has 0 fully saturated rings. The number of hydrogen-bond acceptors (Lipinski definition) is 3. The summed E-state index contributed by atoms with van der Waals surface area (Å²) in [6.45, 7) is 0. The zero-order valence-corrected chi connectivity index (χ0v) is 9.69. The summed E-state index contributed by atoms with van der Waals surface area (Å²) in [5.74, 6) is 0. The van der Waals surface area contributed by atoms with E-state index in [1.165, 1.54) is 23.5 Å². The van der Waals surface area contributed by atoms with Gasteiger partial charge in [0.05, 0.1) is 11.3 Å². The van der Waals surface area contributed by atoms with Crippen LogP contribution in [0.15, 0.2) is 29.6 Å². The molecule has 6 heteroatoms. The lowest BCUT2D eigenvalue weighted by atomic mass is 10.1. The first-order valence-electron chi connectivity index (χ1n) is 4.82. The molecule has 1 N–H and O–H groups in total. The zero-order valence-electron chi connectivity index (χ0n) is 8.88. The summed E-state index contributed by atoms with van der Waals surface area (Å²) in [7, 11) is 1.68. The van der Waals surface area contributed by atoms with Crippen LogP contribution in [0.25, 0.3) is 11.3 Å². The molecule has 0 aliphatic heterocycles. The van der Waals surface area contributed by atoms with Crippen molar-refractivity contribution >= 4 is 16.5 Å². The minimum absolute atomic E-state index is 0.109. The van der Waals surface area contributed by atoms with Crippen molar-refractivity contribution in [3.05, 3.63) is 35.2 Å². The van der Waals surface area contributed by atoms with Gasteiger partial charge in [0.25, 0.3) is 0 Å². The molecule has 2 aromatic rings. The molecule has 1 aromatic carbocycles. The summed E-state index contributed by atoms with van der Waals surface area (Å²) in [6.07, 6.45) is -4.36. The largest absolute Gasteiger partial charge is 0.417 e. The first kappa shape index (κ1) is 11.9. The predicted octanol–water partition coefficient (Wildman–Crippen LogP) is 3.87. The van der Waals surface area contributed by atoms with E-state index < -0.39 is 11.7 Å². The third-order valence-corrected chi connectivity index (χ3v) is 3.09. The average Bonchev–Trinajstić information content (AvgIpc) is 2.76. The van der Waals surface area contributed by atoms with Crippen LogP contribution in [0.5, 0.6) is 0 Å². The fourth-order valence-corrected chi connectivity index (χ4v) is 2.14. The number of thiazole rings is 1. The van der Waals surface area contributed by atoms with Crippen LogP contribution in [0.3, 0.4) is 0 Å². The molecular formula is C11H9F3N2S. The molecular weight excluding hydrogens is 249 g/mol. The Bertz CT molecular complexity index is 519. The van der Waals surface area contributed by atoms with Crippen LogP contribution in [0.4, 0.5) is 18.3 Å². The SMILES string of the molecule is CNc1nc(-c2ccccc2C(F)(F)F)cs1. The van der Waals surface area contributed by atoms with Crippen molar-refractivity contribution in [2.45, 2.75) is 6.18 Å². The van der Waals surface area contributed by atoms with Crippen LogP contribution in [-0.4, -0.2) is 12.0 Å². The normalized spacial score (nSPS) is 11.5. The van der Waals surface area contributed by atoms with E-state index in [9.17, 15) is 13.2 Å². The number of anilines is 1. The van der Waals surface area contributed by atoms with E-state index in [2.05, 4.69) is 10.3 Å². The smallest absolute Gasteiger partial charge is 0.365 e. The molecule has 17 heavy (non-hydrogen) atoms. The van der Waals surface area contributed by atoms with Crippen LogP contribution in [0, 0.1) is 0 Å². The second-order valence-electron chi connectivity index (χ2n) is 3.33. The number of rotatable bonds is 2. The van der Waals surface area contributed by atoms with Gasteiger partial charge >= 0.3 is 6.18 Å². The fourth-order valence-electron chi connectivity index (χ4n) is 1.47. The van der Waals surface area contributed by atoms with Crippen molar-refractivity contribution in [3.8, 4) is 11.3 Å². The van der Waals surface area contributed by atoms with Gasteiger partial charge in [-0.1, -0.05) is 18.2 Å². The Morgan fingerprint density at radius 3 is 2.53 bits per heavy atom. The van der Waals surface area contributed by atoms with Gasteiger partial charge in [0.1, 0.15) is 0 Å². The van der Waals surface area contributed by atoms with Gasteiger partial charge in [-0.3, -0.25) is 0 Å². The highest BCUT2D eigenvalue weighted by Crippen LogP contribution is 2.37. The number of aromatic nitrogens is 1. The third kappa shape index (κ3) is 2.41. The molecule has 0 radical (unpaired) electrons. The molecule has 90 valence electrons. The van der Waals surface area contributed by atoms with Crippen LogP contribution >= 0.6 is 11.3 Å². The third-order valence-electron chi connectivity index (χ3n) is 2.23. The minimum atomic E-state index is -4.36. The van der Waals surface area contributed by atoms with Crippen LogP contribution < -0.4 is 5.32 Å². The Morgan fingerprint density at radius 1 is 1.24 bits per heavy atom. The fraction of sp³-hybridized carbons (Fsp3) is 0.182. The summed E-state index contributed by atoms with van der Waals surface area (Å²) in [5, 5.41) is 5.00. The maximum absolute atomic E-state index is 12.8. The average molecular weight is 258 g/mol. The molecule has 1 aromatic heterocycles. The molecule has 0 amide bonds. The molecule has 2 nitrogen and oxygen atoms in total. The minimum Gasteiger partial charge on any atom is -0.365 e. The Labute approximate surface area is 100 Å². The Hall–Kier alpha value is -1.56. The van der Waals surface area contributed by atoms with E-state index >= 15 is 0 Å². The molecule has 0 saturated carbocycles. The second kappa shape index (κ2) is 4.37. The van der Waals surface area contributed by atoms with Crippen molar-refractivity contribution < 1.29 is 13.2 Å². The molecule has 1 heterocycles. The van der Waals surface area contributed by atoms with Gasteiger partial charge in [-0.05, 0) is 6.07 Å². The summed E-state index contributed by atoms with van der Waals surface area (Å²) < 4.78 is 38.3. The highest BCUT2D eigenvalue weighted by atomic mass is 32.1. The Balaban J connectivity index is 2.52.